The average molecular weight is 498 g/mol. The molecule has 0 radical (unpaired) electrons. The van der Waals surface area contributed by atoms with Crippen LogP contribution in [0.1, 0.15) is 76.6 Å². The summed E-state index contributed by atoms with van der Waals surface area (Å²) in [6.07, 6.45) is 5.23. The number of benzene rings is 1. The van der Waals surface area contributed by atoms with Crippen LogP contribution >= 0.6 is 0 Å². The molecule has 3 N–H and O–H groups in total. The number of hydrogen-bond acceptors (Lipinski definition) is 5. The highest BCUT2D eigenvalue weighted by molar-refractivity contribution is 5.73. The predicted octanol–water partition coefficient (Wildman–Crippen LogP) is 4.50. The highest BCUT2D eigenvalue weighted by Gasteiger charge is 2.49. The number of halogens is 1. The van der Waals surface area contributed by atoms with Gasteiger partial charge < -0.3 is 20.5 Å². The number of carbonyl (C=O) groups is 1. The summed E-state index contributed by atoms with van der Waals surface area (Å²) in [5.41, 5.74) is 2.98. The van der Waals surface area contributed by atoms with Crippen molar-refractivity contribution < 1.29 is 19.0 Å². The van der Waals surface area contributed by atoms with Crippen molar-refractivity contribution in [2.75, 3.05) is 6.54 Å². The van der Waals surface area contributed by atoms with Gasteiger partial charge in [0.2, 0.25) is 11.8 Å². The number of aliphatic hydroxyl groups excluding tert-OH is 1. The van der Waals surface area contributed by atoms with Gasteiger partial charge in [0.1, 0.15) is 11.4 Å². The molecule has 196 valence electrons. The first-order chi connectivity index (χ1) is 16.9. The van der Waals surface area contributed by atoms with Gasteiger partial charge in [0.15, 0.2) is 0 Å². The highest BCUT2D eigenvalue weighted by Crippen LogP contribution is 2.50. The number of ether oxygens (including phenoxy) is 1. The van der Waals surface area contributed by atoms with Gasteiger partial charge in [-0.1, -0.05) is 39.8 Å². The zero-order valence-corrected chi connectivity index (χ0v) is 22.1. The SMILES string of the molecule is CC(=O)N[C@@H](Cc1ccc(F)cc1)[C@@H](O)CN[C@H]1CC2(CC(C)C2)Oc2ncc(CC(C)(C)C)cc21. The Labute approximate surface area is 214 Å². The first kappa shape index (κ1) is 26.6. The molecule has 36 heavy (non-hydrogen) atoms. The molecular formula is C29H40FN3O3. The Hall–Kier alpha value is -2.51. The largest absolute Gasteiger partial charge is 0.471 e. The number of hydrogen-bond donors (Lipinski definition) is 3. The third-order valence-electron chi connectivity index (χ3n) is 7.17. The summed E-state index contributed by atoms with van der Waals surface area (Å²) >= 11 is 0. The first-order valence-electron chi connectivity index (χ1n) is 13.0. The number of amides is 1. The zero-order valence-electron chi connectivity index (χ0n) is 22.1. The van der Waals surface area contributed by atoms with Crippen molar-refractivity contribution in [3.8, 4) is 5.88 Å². The van der Waals surface area contributed by atoms with Crippen LogP contribution < -0.4 is 15.4 Å². The topological polar surface area (TPSA) is 83.5 Å². The van der Waals surface area contributed by atoms with E-state index in [0.29, 0.717) is 24.8 Å². The van der Waals surface area contributed by atoms with Gasteiger partial charge in [0.05, 0.1) is 12.1 Å². The van der Waals surface area contributed by atoms with Crippen molar-refractivity contribution in [1.29, 1.82) is 0 Å². The van der Waals surface area contributed by atoms with Gasteiger partial charge in [-0.15, -0.1) is 0 Å². The molecule has 0 saturated heterocycles. The zero-order chi connectivity index (χ0) is 26.1. The molecule has 1 aliphatic heterocycles. The maximum atomic E-state index is 13.3. The van der Waals surface area contributed by atoms with Gasteiger partial charge >= 0.3 is 0 Å². The van der Waals surface area contributed by atoms with Crippen LogP contribution in [0, 0.1) is 17.2 Å². The normalized spacial score (nSPS) is 24.9. The van der Waals surface area contributed by atoms with Crippen molar-refractivity contribution >= 4 is 5.91 Å². The number of carbonyl (C=O) groups excluding carboxylic acids is 1. The van der Waals surface area contributed by atoms with Gasteiger partial charge in [-0.2, -0.15) is 0 Å². The molecule has 1 fully saturated rings. The van der Waals surface area contributed by atoms with Gasteiger partial charge in [-0.05, 0) is 66.3 Å². The van der Waals surface area contributed by atoms with E-state index < -0.39 is 12.1 Å². The Morgan fingerprint density at radius 2 is 1.92 bits per heavy atom. The molecule has 1 aromatic heterocycles. The molecule has 1 aromatic carbocycles. The summed E-state index contributed by atoms with van der Waals surface area (Å²) in [4.78, 5) is 16.6. The maximum absolute atomic E-state index is 13.3. The molecule has 7 heteroatoms. The van der Waals surface area contributed by atoms with Gasteiger partial charge in [0, 0.05) is 37.7 Å². The number of nitrogens with one attached hydrogen (secondary N) is 2. The lowest BCUT2D eigenvalue weighted by Gasteiger charge is -2.50. The smallest absolute Gasteiger partial charge is 0.218 e. The van der Waals surface area contributed by atoms with Crippen molar-refractivity contribution in [2.24, 2.45) is 11.3 Å². The lowest BCUT2D eigenvalue weighted by Crippen LogP contribution is -2.54. The quantitative estimate of drug-likeness (QED) is 0.500. The molecule has 1 spiro atoms. The molecule has 1 saturated carbocycles. The van der Waals surface area contributed by atoms with Crippen LogP contribution in [0.4, 0.5) is 4.39 Å². The number of pyridine rings is 1. The molecular weight excluding hydrogens is 457 g/mol. The Morgan fingerprint density at radius 1 is 1.22 bits per heavy atom. The third kappa shape index (κ3) is 6.62. The van der Waals surface area contributed by atoms with Crippen molar-refractivity contribution in [3.05, 3.63) is 59.0 Å². The second-order valence-electron chi connectivity index (χ2n) is 12.1. The molecule has 4 rings (SSSR count). The Bertz CT molecular complexity index is 1060. The van der Waals surface area contributed by atoms with Crippen molar-refractivity contribution in [1.82, 2.24) is 15.6 Å². The van der Waals surface area contributed by atoms with E-state index in [0.717, 1.165) is 36.8 Å². The minimum atomic E-state index is -0.827. The molecule has 0 bridgehead atoms. The van der Waals surface area contributed by atoms with Crippen molar-refractivity contribution in [3.63, 3.8) is 0 Å². The number of aliphatic hydroxyl groups is 1. The minimum Gasteiger partial charge on any atom is -0.471 e. The van der Waals surface area contributed by atoms with E-state index in [1.165, 1.54) is 24.6 Å². The second kappa shape index (κ2) is 10.5. The summed E-state index contributed by atoms with van der Waals surface area (Å²) in [7, 11) is 0. The highest BCUT2D eigenvalue weighted by atomic mass is 19.1. The Balaban J connectivity index is 1.51. The van der Waals surface area contributed by atoms with Crippen molar-refractivity contribution in [2.45, 2.75) is 90.5 Å². The van der Waals surface area contributed by atoms with Crippen LogP contribution in [0.3, 0.4) is 0 Å². The van der Waals surface area contributed by atoms with Crippen LogP contribution in [0.15, 0.2) is 36.5 Å². The van der Waals surface area contributed by atoms with E-state index in [1.54, 1.807) is 12.1 Å². The van der Waals surface area contributed by atoms with Gasteiger partial charge in [-0.3, -0.25) is 4.79 Å². The summed E-state index contributed by atoms with van der Waals surface area (Å²) in [6, 6.07) is 7.84. The maximum Gasteiger partial charge on any atom is 0.218 e. The summed E-state index contributed by atoms with van der Waals surface area (Å²) in [5.74, 6) is 0.783. The summed E-state index contributed by atoms with van der Waals surface area (Å²) in [5, 5.41) is 17.5. The molecule has 6 nitrogen and oxygen atoms in total. The second-order valence-corrected chi connectivity index (χ2v) is 12.1. The fourth-order valence-electron chi connectivity index (χ4n) is 5.75. The molecule has 0 unspecified atom stereocenters. The first-order valence-corrected chi connectivity index (χ1v) is 13.0. The lowest BCUT2D eigenvalue weighted by molar-refractivity contribution is -0.120. The van der Waals surface area contributed by atoms with E-state index in [9.17, 15) is 14.3 Å². The van der Waals surface area contributed by atoms with E-state index in [1.807, 2.05) is 6.20 Å². The molecule has 2 aromatic rings. The molecule has 1 amide bonds. The average Bonchev–Trinajstić information content (AvgIpc) is 2.76. The Morgan fingerprint density at radius 3 is 2.53 bits per heavy atom. The molecule has 1 aliphatic carbocycles. The standard InChI is InChI=1S/C29H40FN3O3/c1-18-12-29(13-18)15-25(23-10-21(14-28(3,4)5)16-32-27(23)36-29)31-17-26(35)24(33-19(2)34)11-20-6-8-22(30)9-7-20/h6-10,16,18,24-26,31,35H,11-15,17H2,1-5H3,(H,33,34)/t18?,24-,25-,26-,29?/m0/s1. The van der Waals surface area contributed by atoms with E-state index in [4.69, 9.17) is 9.72 Å². The van der Waals surface area contributed by atoms with Crippen LogP contribution in [-0.2, 0) is 17.6 Å². The fraction of sp³-hybridized carbons (Fsp3) is 0.586. The van der Waals surface area contributed by atoms with Gasteiger partial charge in [0.25, 0.3) is 0 Å². The van der Waals surface area contributed by atoms with E-state index in [2.05, 4.69) is 44.4 Å². The van der Waals surface area contributed by atoms with Crippen LogP contribution in [0.25, 0.3) is 0 Å². The predicted molar refractivity (Wildman–Crippen MR) is 138 cm³/mol. The van der Waals surface area contributed by atoms with Crippen LogP contribution in [0.5, 0.6) is 5.88 Å². The number of fused-ring (bicyclic) bond motifs is 1. The van der Waals surface area contributed by atoms with Crippen LogP contribution in [0.2, 0.25) is 0 Å². The van der Waals surface area contributed by atoms with E-state index >= 15 is 0 Å². The summed E-state index contributed by atoms with van der Waals surface area (Å²) < 4.78 is 19.8. The number of aromatic nitrogens is 1. The van der Waals surface area contributed by atoms with E-state index in [-0.39, 0.29) is 28.8 Å². The summed E-state index contributed by atoms with van der Waals surface area (Å²) in [6.45, 7) is 10.6. The monoisotopic (exact) mass is 497 g/mol. The number of nitrogens with zero attached hydrogens (tertiary/aromatic N) is 1. The lowest BCUT2D eigenvalue weighted by atomic mass is 9.67. The Kier molecular flexibility index (Phi) is 7.72. The van der Waals surface area contributed by atoms with Gasteiger partial charge in [-0.25, -0.2) is 9.37 Å². The molecule has 2 aliphatic rings. The number of rotatable bonds is 8. The molecule has 2 heterocycles. The van der Waals surface area contributed by atoms with Crippen LogP contribution in [-0.4, -0.2) is 40.3 Å². The third-order valence-corrected chi connectivity index (χ3v) is 7.17. The minimum absolute atomic E-state index is 0.00730. The fourth-order valence-corrected chi connectivity index (χ4v) is 5.75. The molecule has 3 atom stereocenters.